The Hall–Kier alpha value is -0.530. The summed E-state index contributed by atoms with van der Waals surface area (Å²) < 4.78 is 0. The number of nitrogens with zero attached hydrogens (tertiary/aromatic N) is 1. The van der Waals surface area contributed by atoms with Crippen LogP contribution in [-0.4, -0.2) is 10.9 Å². The SMILES string of the molecule is CCCCCCCCCC1CCCCC1=NO. The zero-order valence-corrected chi connectivity index (χ0v) is 11.5. The fourth-order valence-corrected chi connectivity index (χ4v) is 2.86. The molecule has 1 N–H and O–H groups in total. The van der Waals surface area contributed by atoms with Crippen LogP contribution in [0.1, 0.15) is 84.0 Å². The fraction of sp³-hybridized carbons (Fsp3) is 0.933. The molecule has 0 aromatic carbocycles. The number of unbranched alkanes of at least 4 members (excludes halogenated alkanes) is 6. The van der Waals surface area contributed by atoms with Gasteiger partial charge in [-0.2, -0.15) is 0 Å². The Morgan fingerprint density at radius 1 is 1.06 bits per heavy atom. The van der Waals surface area contributed by atoms with Crippen LogP contribution < -0.4 is 0 Å². The molecule has 1 fully saturated rings. The summed E-state index contributed by atoms with van der Waals surface area (Å²) in [5.74, 6) is 0.587. The quantitative estimate of drug-likeness (QED) is 0.355. The largest absolute Gasteiger partial charge is 0.411 e. The first kappa shape index (κ1) is 14.5. The lowest BCUT2D eigenvalue weighted by atomic mass is 9.84. The highest BCUT2D eigenvalue weighted by Crippen LogP contribution is 2.26. The molecule has 1 aliphatic carbocycles. The Kier molecular flexibility index (Phi) is 8.12. The molecular weight excluding hydrogens is 210 g/mol. The first-order valence-corrected chi connectivity index (χ1v) is 7.59. The summed E-state index contributed by atoms with van der Waals surface area (Å²) in [4.78, 5) is 0. The van der Waals surface area contributed by atoms with Crippen molar-refractivity contribution in [1.29, 1.82) is 0 Å². The molecule has 1 saturated carbocycles. The molecule has 0 heterocycles. The molecule has 2 nitrogen and oxygen atoms in total. The van der Waals surface area contributed by atoms with E-state index in [1.807, 2.05) is 0 Å². The van der Waals surface area contributed by atoms with Crippen molar-refractivity contribution >= 4 is 5.71 Å². The van der Waals surface area contributed by atoms with Crippen LogP contribution in [0.5, 0.6) is 0 Å². The van der Waals surface area contributed by atoms with E-state index >= 15 is 0 Å². The maximum absolute atomic E-state index is 8.95. The average Bonchev–Trinajstić information content (AvgIpc) is 2.38. The van der Waals surface area contributed by atoms with Gasteiger partial charge < -0.3 is 5.21 Å². The van der Waals surface area contributed by atoms with E-state index in [1.165, 1.54) is 70.6 Å². The molecule has 0 spiro atoms. The Morgan fingerprint density at radius 2 is 1.76 bits per heavy atom. The molecule has 0 radical (unpaired) electrons. The molecule has 1 unspecified atom stereocenters. The van der Waals surface area contributed by atoms with Crippen molar-refractivity contribution in [2.75, 3.05) is 0 Å². The van der Waals surface area contributed by atoms with Gasteiger partial charge in [0.05, 0.1) is 5.71 Å². The van der Waals surface area contributed by atoms with Crippen LogP contribution in [0.4, 0.5) is 0 Å². The highest BCUT2D eigenvalue weighted by molar-refractivity contribution is 5.86. The molecule has 0 aliphatic heterocycles. The Morgan fingerprint density at radius 3 is 2.47 bits per heavy atom. The van der Waals surface area contributed by atoms with Gasteiger partial charge in [0.2, 0.25) is 0 Å². The number of rotatable bonds is 8. The summed E-state index contributed by atoms with van der Waals surface area (Å²) in [6.45, 7) is 2.26. The third kappa shape index (κ3) is 6.09. The average molecular weight is 239 g/mol. The number of hydrogen-bond donors (Lipinski definition) is 1. The number of oxime groups is 1. The van der Waals surface area contributed by atoms with Crippen molar-refractivity contribution in [2.45, 2.75) is 84.0 Å². The Bertz CT molecular complexity index is 213. The van der Waals surface area contributed by atoms with Crippen molar-refractivity contribution in [2.24, 2.45) is 11.1 Å². The molecule has 17 heavy (non-hydrogen) atoms. The van der Waals surface area contributed by atoms with Crippen molar-refractivity contribution < 1.29 is 5.21 Å². The van der Waals surface area contributed by atoms with Crippen molar-refractivity contribution in [1.82, 2.24) is 0 Å². The lowest BCUT2D eigenvalue weighted by Crippen LogP contribution is -2.19. The van der Waals surface area contributed by atoms with Crippen molar-refractivity contribution in [3.05, 3.63) is 0 Å². The molecule has 0 saturated heterocycles. The van der Waals surface area contributed by atoms with Crippen molar-refractivity contribution in [3.8, 4) is 0 Å². The molecule has 1 atom stereocenters. The van der Waals surface area contributed by atoms with Gasteiger partial charge in [0.1, 0.15) is 0 Å². The highest BCUT2D eigenvalue weighted by atomic mass is 16.4. The zero-order valence-electron chi connectivity index (χ0n) is 11.5. The fourth-order valence-electron chi connectivity index (χ4n) is 2.86. The van der Waals surface area contributed by atoms with E-state index in [0.717, 1.165) is 12.1 Å². The van der Waals surface area contributed by atoms with Gasteiger partial charge in [-0.25, -0.2) is 0 Å². The van der Waals surface area contributed by atoms with Crippen LogP contribution in [-0.2, 0) is 0 Å². The maximum atomic E-state index is 8.95. The predicted octanol–water partition coefficient (Wildman–Crippen LogP) is 5.15. The normalized spacial score (nSPS) is 23.1. The maximum Gasteiger partial charge on any atom is 0.0601 e. The standard InChI is InChI=1S/C15H29NO/c1-2-3-4-5-6-7-8-11-14-12-9-10-13-15(14)16-17/h14,17H,2-13H2,1H3. The molecule has 100 valence electrons. The lowest BCUT2D eigenvalue weighted by Gasteiger charge is -2.22. The monoisotopic (exact) mass is 239 g/mol. The van der Waals surface area contributed by atoms with E-state index in [4.69, 9.17) is 5.21 Å². The predicted molar refractivity (Wildman–Crippen MR) is 73.8 cm³/mol. The van der Waals surface area contributed by atoms with Gasteiger partial charge in [0, 0.05) is 5.92 Å². The minimum absolute atomic E-state index is 0.587. The molecule has 0 aromatic heterocycles. The second kappa shape index (κ2) is 9.49. The summed E-state index contributed by atoms with van der Waals surface area (Å²) in [5, 5.41) is 12.4. The van der Waals surface area contributed by atoms with Gasteiger partial charge in [-0.1, -0.05) is 63.4 Å². The zero-order chi connectivity index (χ0) is 12.3. The van der Waals surface area contributed by atoms with Crippen LogP contribution in [0.15, 0.2) is 5.16 Å². The summed E-state index contributed by atoms with van der Waals surface area (Å²) in [6, 6.07) is 0. The minimum atomic E-state index is 0.587. The van der Waals surface area contributed by atoms with E-state index in [0.29, 0.717) is 5.92 Å². The second-order valence-electron chi connectivity index (χ2n) is 5.44. The van der Waals surface area contributed by atoms with E-state index in [1.54, 1.807) is 0 Å². The molecule has 0 aromatic rings. The molecule has 1 aliphatic rings. The van der Waals surface area contributed by atoms with Gasteiger partial charge in [0.25, 0.3) is 0 Å². The lowest BCUT2D eigenvalue weighted by molar-refractivity contribution is 0.307. The topological polar surface area (TPSA) is 32.6 Å². The van der Waals surface area contributed by atoms with E-state index in [2.05, 4.69) is 12.1 Å². The molecule has 0 amide bonds. The van der Waals surface area contributed by atoms with Crippen LogP contribution in [0, 0.1) is 5.92 Å². The third-order valence-corrected chi connectivity index (χ3v) is 3.99. The van der Waals surface area contributed by atoms with Crippen LogP contribution >= 0.6 is 0 Å². The Labute approximate surface area is 106 Å². The summed E-state index contributed by atoms with van der Waals surface area (Å²) in [7, 11) is 0. The van der Waals surface area contributed by atoms with Gasteiger partial charge in [-0.3, -0.25) is 0 Å². The molecule has 0 bridgehead atoms. The van der Waals surface area contributed by atoms with Crippen LogP contribution in [0.2, 0.25) is 0 Å². The van der Waals surface area contributed by atoms with E-state index in [9.17, 15) is 0 Å². The van der Waals surface area contributed by atoms with E-state index < -0.39 is 0 Å². The molecule has 1 rings (SSSR count). The van der Waals surface area contributed by atoms with E-state index in [-0.39, 0.29) is 0 Å². The van der Waals surface area contributed by atoms with Crippen LogP contribution in [0.3, 0.4) is 0 Å². The first-order chi connectivity index (χ1) is 8.38. The third-order valence-electron chi connectivity index (χ3n) is 3.99. The van der Waals surface area contributed by atoms with Gasteiger partial charge in [-0.05, 0) is 25.7 Å². The Balaban J connectivity index is 2.01. The second-order valence-corrected chi connectivity index (χ2v) is 5.44. The van der Waals surface area contributed by atoms with Gasteiger partial charge in [-0.15, -0.1) is 0 Å². The minimum Gasteiger partial charge on any atom is -0.411 e. The first-order valence-electron chi connectivity index (χ1n) is 7.59. The van der Waals surface area contributed by atoms with Crippen molar-refractivity contribution in [3.63, 3.8) is 0 Å². The molecular formula is C15H29NO. The summed E-state index contributed by atoms with van der Waals surface area (Å²) in [5.41, 5.74) is 1.07. The smallest absolute Gasteiger partial charge is 0.0601 e. The summed E-state index contributed by atoms with van der Waals surface area (Å²) in [6.07, 6.45) is 15.6. The summed E-state index contributed by atoms with van der Waals surface area (Å²) >= 11 is 0. The molecule has 2 heteroatoms. The highest BCUT2D eigenvalue weighted by Gasteiger charge is 2.20. The van der Waals surface area contributed by atoms with Gasteiger partial charge in [0.15, 0.2) is 0 Å². The number of hydrogen-bond acceptors (Lipinski definition) is 2. The van der Waals surface area contributed by atoms with Crippen LogP contribution in [0.25, 0.3) is 0 Å². The van der Waals surface area contributed by atoms with Gasteiger partial charge >= 0.3 is 0 Å².